The van der Waals surface area contributed by atoms with Gasteiger partial charge in [0.15, 0.2) is 5.78 Å². The zero-order valence-corrected chi connectivity index (χ0v) is 9.53. The standard InChI is InChI=1S/C10H15N3O3/c1-10(2,3)16-9(15)11-6-8(14)7-4-5-12-13-7/h4-5H,6H2,1-3H3,(H,11,15)(H,12,13). The number of H-pyrrole nitrogens is 1. The second kappa shape index (κ2) is 4.78. The van der Waals surface area contributed by atoms with E-state index in [-0.39, 0.29) is 12.3 Å². The smallest absolute Gasteiger partial charge is 0.408 e. The number of ether oxygens (including phenoxy) is 1. The summed E-state index contributed by atoms with van der Waals surface area (Å²) in [6.07, 6.45) is 0.862. The van der Waals surface area contributed by atoms with Crippen LogP contribution in [0.5, 0.6) is 0 Å². The summed E-state index contributed by atoms with van der Waals surface area (Å²) in [5, 5.41) is 8.53. The number of amides is 1. The summed E-state index contributed by atoms with van der Waals surface area (Å²) in [5.41, 5.74) is -0.211. The number of alkyl carbamates (subject to hydrolysis) is 1. The molecule has 1 heterocycles. The Labute approximate surface area is 93.4 Å². The molecule has 0 unspecified atom stereocenters. The zero-order chi connectivity index (χ0) is 12.2. The van der Waals surface area contributed by atoms with Gasteiger partial charge < -0.3 is 10.1 Å². The molecule has 0 spiro atoms. The summed E-state index contributed by atoms with van der Waals surface area (Å²) >= 11 is 0. The number of rotatable bonds is 3. The molecular weight excluding hydrogens is 210 g/mol. The van der Waals surface area contributed by atoms with Crippen molar-refractivity contribution in [2.45, 2.75) is 26.4 Å². The number of hydrogen-bond acceptors (Lipinski definition) is 4. The summed E-state index contributed by atoms with van der Waals surface area (Å²) in [5.74, 6) is -0.247. The number of Topliss-reactive ketones (excluding diaryl/α,β-unsaturated/α-hetero) is 1. The van der Waals surface area contributed by atoms with Crippen LogP contribution in [0.25, 0.3) is 0 Å². The van der Waals surface area contributed by atoms with Crippen LogP contribution in [0.4, 0.5) is 4.79 Å². The van der Waals surface area contributed by atoms with Gasteiger partial charge in [0.05, 0.1) is 6.54 Å². The molecule has 1 aromatic rings. The van der Waals surface area contributed by atoms with E-state index in [1.54, 1.807) is 26.8 Å². The fourth-order valence-electron chi connectivity index (χ4n) is 0.973. The maximum atomic E-state index is 11.4. The maximum Gasteiger partial charge on any atom is 0.408 e. The van der Waals surface area contributed by atoms with Crippen molar-refractivity contribution in [3.63, 3.8) is 0 Å². The predicted octanol–water partition coefficient (Wildman–Crippen LogP) is 1.12. The molecule has 0 aliphatic heterocycles. The molecule has 1 rings (SSSR count). The molecule has 16 heavy (non-hydrogen) atoms. The van der Waals surface area contributed by atoms with Crippen molar-refractivity contribution in [1.82, 2.24) is 15.5 Å². The van der Waals surface area contributed by atoms with E-state index in [0.717, 1.165) is 0 Å². The Morgan fingerprint density at radius 1 is 1.50 bits per heavy atom. The van der Waals surface area contributed by atoms with Crippen molar-refractivity contribution in [3.8, 4) is 0 Å². The number of nitrogens with zero attached hydrogens (tertiary/aromatic N) is 1. The number of carbonyl (C=O) groups is 2. The highest BCUT2D eigenvalue weighted by atomic mass is 16.6. The van der Waals surface area contributed by atoms with E-state index in [1.165, 1.54) is 6.20 Å². The minimum atomic E-state index is -0.611. The first kappa shape index (κ1) is 12.2. The molecular formula is C10H15N3O3. The number of carbonyl (C=O) groups excluding carboxylic acids is 2. The topological polar surface area (TPSA) is 84.1 Å². The highest BCUT2D eigenvalue weighted by Gasteiger charge is 2.17. The molecule has 0 atom stereocenters. The number of ketones is 1. The molecule has 1 amide bonds. The van der Waals surface area contributed by atoms with E-state index in [9.17, 15) is 9.59 Å². The van der Waals surface area contributed by atoms with Crippen molar-refractivity contribution < 1.29 is 14.3 Å². The molecule has 0 aliphatic rings. The van der Waals surface area contributed by atoms with Gasteiger partial charge in [0, 0.05) is 6.20 Å². The monoisotopic (exact) mass is 225 g/mol. The molecule has 0 fully saturated rings. The van der Waals surface area contributed by atoms with Crippen LogP contribution >= 0.6 is 0 Å². The lowest BCUT2D eigenvalue weighted by molar-refractivity contribution is 0.0520. The van der Waals surface area contributed by atoms with Gasteiger partial charge in [-0.3, -0.25) is 9.89 Å². The predicted molar refractivity (Wildman–Crippen MR) is 57.2 cm³/mol. The number of hydrogen-bond donors (Lipinski definition) is 2. The second-order valence-electron chi connectivity index (χ2n) is 4.25. The largest absolute Gasteiger partial charge is 0.444 e. The Bertz CT molecular complexity index is 365. The minimum absolute atomic E-state index is 0.114. The first-order chi connectivity index (χ1) is 7.38. The van der Waals surface area contributed by atoms with Gasteiger partial charge in [-0.25, -0.2) is 4.79 Å². The molecule has 0 saturated carbocycles. The summed E-state index contributed by atoms with van der Waals surface area (Å²) in [6, 6.07) is 1.54. The van der Waals surface area contributed by atoms with E-state index in [1.807, 2.05) is 0 Å². The Balaban J connectivity index is 2.35. The summed E-state index contributed by atoms with van der Waals surface area (Å²) in [6.45, 7) is 5.15. The molecule has 0 bridgehead atoms. The summed E-state index contributed by atoms with van der Waals surface area (Å²) in [7, 11) is 0. The van der Waals surface area contributed by atoms with E-state index >= 15 is 0 Å². The first-order valence-corrected chi connectivity index (χ1v) is 4.88. The molecule has 0 aromatic carbocycles. The molecule has 0 radical (unpaired) electrons. The van der Waals surface area contributed by atoms with Crippen LogP contribution in [-0.2, 0) is 4.74 Å². The van der Waals surface area contributed by atoms with Gasteiger partial charge in [0.25, 0.3) is 0 Å². The molecule has 88 valence electrons. The van der Waals surface area contributed by atoms with Crippen LogP contribution in [0.1, 0.15) is 31.3 Å². The van der Waals surface area contributed by atoms with Gasteiger partial charge in [-0.1, -0.05) is 0 Å². The fraction of sp³-hybridized carbons (Fsp3) is 0.500. The minimum Gasteiger partial charge on any atom is -0.444 e. The number of nitrogens with one attached hydrogen (secondary N) is 2. The highest BCUT2D eigenvalue weighted by molar-refractivity contribution is 5.97. The van der Waals surface area contributed by atoms with Crippen LogP contribution < -0.4 is 5.32 Å². The number of aromatic nitrogens is 2. The Kier molecular flexibility index (Phi) is 3.65. The fourth-order valence-corrected chi connectivity index (χ4v) is 0.973. The van der Waals surface area contributed by atoms with Crippen molar-refractivity contribution in [2.24, 2.45) is 0 Å². The lowest BCUT2D eigenvalue weighted by Crippen LogP contribution is -2.35. The van der Waals surface area contributed by atoms with Gasteiger partial charge >= 0.3 is 6.09 Å². The first-order valence-electron chi connectivity index (χ1n) is 4.88. The van der Waals surface area contributed by atoms with Crippen LogP contribution in [0, 0.1) is 0 Å². The second-order valence-corrected chi connectivity index (χ2v) is 4.25. The van der Waals surface area contributed by atoms with Crippen LogP contribution in [0.3, 0.4) is 0 Å². The van der Waals surface area contributed by atoms with Gasteiger partial charge in [0.1, 0.15) is 11.3 Å². The summed E-state index contributed by atoms with van der Waals surface area (Å²) < 4.78 is 4.98. The van der Waals surface area contributed by atoms with Gasteiger partial charge in [-0.15, -0.1) is 0 Å². The highest BCUT2D eigenvalue weighted by Crippen LogP contribution is 2.06. The Hall–Kier alpha value is -1.85. The average molecular weight is 225 g/mol. The van der Waals surface area contributed by atoms with Gasteiger partial charge in [-0.05, 0) is 26.8 Å². The normalized spacial score (nSPS) is 10.9. The third-order valence-electron chi connectivity index (χ3n) is 1.59. The molecule has 6 nitrogen and oxygen atoms in total. The van der Waals surface area contributed by atoms with Crippen molar-refractivity contribution in [2.75, 3.05) is 6.54 Å². The van der Waals surface area contributed by atoms with Gasteiger partial charge in [0.2, 0.25) is 0 Å². The van der Waals surface area contributed by atoms with Crippen LogP contribution in [-0.4, -0.2) is 34.2 Å². The van der Waals surface area contributed by atoms with Crippen molar-refractivity contribution in [1.29, 1.82) is 0 Å². The third kappa shape index (κ3) is 4.12. The summed E-state index contributed by atoms with van der Waals surface area (Å²) in [4.78, 5) is 22.7. The molecule has 2 N–H and O–H groups in total. The molecule has 1 aromatic heterocycles. The molecule has 0 saturated heterocycles. The van der Waals surface area contributed by atoms with Gasteiger partial charge in [-0.2, -0.15) is 5.10 Å². The van der Waals surface area contributed by atoms with Crippen molar-refractivity contribution in [3.05, 3.63) is 18.0 Å². The number of aromatic amines is 1. The quantitative estimate of drug-likeness (QED) is 0.755. The average Bonchev–Trinajstić information content (AvgIpc) is 2.64. The lowest BCUT2D eigenvalue weighted by atomic mass is 10.2. The van der Waals surface area contributed by atoms with Crippen molar-refractivity contribution >= 4 is 11.9 Å². The van der Waals surface area contributed by atoms with E-state index in [0.29, 0.717) is 5.69 Å². The van der Waals surface area contributed by atoms with Crippen LogP contribution in [0.15, 0.2) is 12.3 Å². The third-order valence-corrected chi connectivity index (χ3v) is 1.59. The SMILES string of the molecule is CC(C)(C)OC(=O)NCC(=O)c1ccn[nH]1. The zero-order valence-electron chi connectivity index (χ0n) is 9.53. The Morgan fingerprint density at radius 3 is 2.69 bits per heavy atom. The van der Waals surface area contributed by atoms with E-state index < -0.39 is 11.7 Å². The van der Waals surface area contributed by atoms with Crippen LogP contribution in [0.2, 0.25) is 0 Å². The van der Waals surface area contributed by atoms with E-state index in [2.05, 4.69) is 15.5 Å². The molecule has 6 heteroatoms. The molecule has 0 aliphatic carbocycles. The Morgan fingerprint density at radius 2 is 2.19 bits per heavy atom. The van der Waals surface area contributed by atoms with E-state index in [4.69, 9.17) is 4.74 Å². The maximum absolute atomic E-state index is 11.4. The lowest BCUT2D eigenvalue weighted by Gasteiger charge is -2.19.